The zero-order chi connectivity index (χ0) is 17.4. The number of halogens is 1. The van der Waals surface area contributed by atoms with Gasteiger partial charge in [-0.3, -0.25) is 9.48 Å². The van der Waals surface area contributed by atoms with Gasteiger partial charge in [-0.1, -0.05) is 11.6 Å². The summed E-state index contributed by atoms with van der Waals surface area (Å²) in [7, 11) is 1.87. The van der Waals surface area contributed by atoms with E-state index >= 15 is 0 Å². The molecular formula is C18H19ClN4O. The number of carbonyl (C=O) groups is 1. The number of ketones is 1. The quantitative estimate of drug-likeness (QED) is 0.739. The van der Waals surface area contributed by atoms with Crippen molar-refractivity contribution in [2.24, 2.45) is 7.05 Å². The average Bonchev–Trinajstić information content (AvgIpc) is 3.05. The van der Waals surface area contributed by atoms with E-state index in [9.17, 15) is 4.79 Å². The number of nitrogens with two attached hydrogens (primary N) is 1. The lowest BCUT2D eigenvalue weighted by Crippen LogP contribution is -2.09. The molecule has 2 N–H and O–H groups in total. The van der Waals surface area contributed by atoms with Crippen LogP contribution in [-0.4, -0.2) is 20.1 Å². The van der Waals surface area contributed by atoms with E-state index < -0.39 is 0 Å². The van der Waals surface area contributed by atoms with E-state index in [-0.39, 0.29) is 5.78 Å². The number of aromatic nitrogens is 3. The van der Waals surface area contributed by atoms with Crippen LogP contribution in [0.1, 0.15) is 32.7 Å². The summed E-state index contributed by atoms with van der Waals surface area (Å²) in [5.74, 6) is 0.392. The molecule has 0 radical (unpaired) electrons. The van der Waals surface area contributed by atoms with Crippen molar-refractivity contribution in [2.45, 2.75) is 20.4 Å². The number of rotatable bonds is 4. The van der Waals surface area contributed by atoms with Gasteiger partial charge in [-0.15, -0.1) is 0 Å². The van der Waals surface area contributed by atoms with Crippen LogP contribution in [0.4, 0.5) is 5.82 Å². The Morgan fingerprint density at radius 1 is 1.25 bits per heavy atom. The van der Waals surface area contributed by atoms with Crippen molar-refractivity contribution in [1.82, 2.24) is 14.3 Å². The molecule has 0 fully saturated rings. The molecule has 0 bridgehead atoms. The summed E-state index contributed by atoms with van der Waals surface area (Å²) in [5.41, 5.74) is 10.4. The third-order valence-electron chi connectivity index (χ3n) is 4.30. The first kappa shape index (κ1) is 16.3. The minimum absolute atomic E-state index is 0.0882. The van der Waals surface area contributed by atoms with Gasteiger partial charge in [-0.2, -0.15) is 5.10 Å². The Bertz CT molecular complexity index is 906. The molecule has 0 atom stereocenters. The topological polar surface area (TPSA) is 65.8 Å². The average molecular weight is 343 g/mol. The van der Waals surface area contributed by atoms with Crippen LogP contribution < -0.4 is 5.73 Å². The van der Waals surface area contributed by atoms with Gasteiger partial charge in [0.2, 0.25) is 0 Å². The van der Waals surface area contributed by atoms with Crippen LogP contribution in [0.5, 0.6) is 0 Å². The van der Waals surface area contributed by atoms with Gasteiger partial charge in [0.05, 0.1) is 18.3 Å². The number of carbonyl (C=O) groups excluding carboxylic acids is 1. The smallest absolute Gasteiger partial charge is 0.196 e. The van der Waals surface area contributed by atoms with Crippen LogP contribution in [0.15, 0.2) is 36.7 Å². The standard InChI is InChI=1S/C18H19ClN4O/c1-11-12(2)23(10-13-8-21-22(3)9-13)18(20)16(11)17(24)14-4-6-15(19)7-5-14/h4-9H,10,20H2,1-3H3. The van der Waals surface area contributed by atoms with E-state index in [1.54, 1.807) is 35.1 Å². The maximum Gasteiger partial charge on any atom is 0.196 e. The zero-order valence-corrected chi connectivity index (χ0v) is 14.6. The van der Waals surface area contributed by atoms with Crippen molar-refractivity contribution in [3.05, 3.63) is 69.6 Å². The fourth-order valence-electron chi connectivity index (χ4n) is 2.86. The van der Waals surface area contributed by atoms with Gasteiger partial charge in [-0.05, 0) is 43.7 Å². The number of benzene rings is 1. The predicted octanol–water partition coefficient (Wildman–Crippen LogP) is 3.35. The van der Waals surface area contributed by atoms with Gasteiger partial charge in [0.15, 0.2) is 5.78 Å². The molecule has 0 spiro atoms. The Balaban J connectivity index is 2.01. The minimum Gasteiger partial charge on any atom is -0.384 e. The van der Waals surface area contributed by atoms with Crippen LogP contribution in [0.3, 0.4) is 0 Å². The monoisotopic (exact) mass is 342 g/mol. The normalized spacial score (nSPS) is 11.0. The fraction of sp³-hybridized carbons (Fsp3) is 0.222. The second-order valence-electron chi connectivity index (χ2n) is 5.92. The number of anilines is 1. The summed E-state index contributed by atoms with van der Waals surface area (Å²) >= 11 is 5.90. The molecule has 0 unspecified atom stereocenters. The lowest BCUT2D eigenvalue weighted by molar-refractivity contribution is 0.103. The molecule has 5 nitrogen and oxygen atoms in total. The molecule has 0 aliphatic rings. The van der Waals surface area contributed by atoms with Gasteiger partial charge >= 0.3 is 0 Å². The number of hydrogen-bond donors (Lipinski definition) is 1. The molecule has 3 rings (SSSR count). The van der Waals surface area contributed by atoms with Crippen LogP contribution in [0.25, 0.3) is 0 Å². The van der Waals surface area contributed by atoms with Gasteiger partial charge < -0.3 is 10.3 Å². The Morgan fingerprint density at radius 3 is 2.50 bits per heavy atom. The highest BCUT2D eigenvalue weighted by atomic mass is 35.5. The highest BCUT2D eigenvalue weighted by Crippen LogP contribution is 2.28. The maximum absolute atomic E-state index is 12.9. The summed E-state index contributed by atoms with van der Waals surface area (Å²) < 4.78 is 3.70. The summed E-state index contributed by atoms with van der Waals surface area (Å²) in [6.45, 7) is 4.48. The molecule has 6 heteroatoms. The van der Waals surface area contributed by atoms with E-state index in [0.717, 1.165) is 16.8 Å². The predicted molar refractivity (Wildman–Crippen MR) is 95.5 cm³/mol. The third kappa shape index (κ3) is 2.83. The summed E-state index contributed by atoms with van der Waals surface area (Å²) in [6, 6.07) is 6.86. The molecule has 0 aliphatic carbocycles. The SMILES string of the molecule is Cc1c(C(=O)c2ccc(Cl)cc2)c(N)n(Cc2cnn(C)c2)c1C. The Morgan fingerprint density at radius 2 is 1.92 bits per heavy atom. The second kappa shape index (κ2) is 6.17. The minimum atomic E-state index is -0.0882. The number of aryl methyl sites for hydroxylation is 1. The molecule has 0 saturated heterocycles. The molecule has 124 valence electrons. The number of nitrogen functional groups attached to an aromatic ring is 1. The first-order chi connectivity index (χ1) is 11.4. The van der Waals surface area contributed by atoms with Gasteiger partial charge in [0.25, 0.3) is 0 Å². The van der Waals surface area contributed by atoms with Crippen molar-refractivity contribution in [1.29, 1.82) is 0 Å². The summed E-state index contributed by atoms with van der Waals surface area (Å²) in [4.78, 5) is 12.9. The highest BCUT2D eigenvalue weighted by molar-refractivity contribution is 6.30. The first-order valence-corrected chi connectivity index (χ1v) is 7.99. The molecule has 2 aromatic heterocycles. The van der Waals surface area contributed by atoms with E-state index in [1.165, 1.54) is 0 Å². The molecule has 0 aliphatic heterocycles. The van der Waals surface area contributed by atoms with Gasteiger partial charge in [0, 0.05) is 35.1 Å². The molecule has 3 aromatic rings. The molecule has 0 amide bonds. The Kier molecular flexibility index (Phi) is 4.20. The van der Waals surface area contributed by atoms with Crippen molar-refractivity contribution < 1.29 is 4.79 Å². The first-order valence-electron chi connectivity index (χ1n) is 7.61. The molecule has 0 saturated carbocycles. The van der Waals surface area contributed by atoms with Crippen LogP contribution in [0.2, 0.25) is 5.02 Å². The van der Waals surface area contributed by atoms with Crippen LogP contribution in [0, 0.1) is 13.8 Å². The molecular weight excluding hydrogens is 324 g/mol. The van der Waals surface area contributed by atoms with Crippen molar-refractivity contribution in [3.63, 3.8) is 0 Å². The fourth-order valence-corrected chi connectivity index (χ4v) is 2.99. The van der Waals surface area contributed by atoms with Gasteiger partial charge in [-0.25, -0.2) is 0 Å². The van der Waals surface area contributed by atoms with Crippen LogP contribution >= 0.6 is 11.6 Å². The third-order valence-corrected chi connectivity index (χ3v) is 4.55. The summed E-state index contributed by atoms with van der Waals surface area (Å²) in [5, 5.41) is 4.77. The molecule has 2 heterocycles. The van der Waals surface area contributed by atoms with E-state index in [0.29, 0.717) is 28.5 Å². The summed E-state index contributed by atoms with van der Waals surface area (Å²) in [6.07, 6.45) is 3.74. The van der Waals surface area contributed by atoms with Crippen molar-refractivity contribution in [2.75, 3.05) is 5.73 Å². The number of hydrogen-bond acceptors (Lipinski definition) is 3. The Hall–Kier alpha value is -2.53. The van der Waals surface area contributed by atoms with Gasteiger partial charge in [0.1, 0.15) is 5.82 Å². The lowest BCUT2D eigenvalue weighted by Gasteiger charge is -2.08. The van der Waals surface area contributed by atoms with Crippen LogP contribution in [-0.2, 0) is 13.6 Å². The maximum atomic E-state index is 12.9. The molecule has 1 aromatic carbocycles. The largest absolute Gasteiger partial charge is 0.384 e. The Labute approximate surface area is 145 Å². The van der Waals surface area contributed by atoms with Crippen molar-refractivity contribution in [3.8, 4) is 0 Å². The van der Waals surface area contributed by atoms with E-state index in [1.807, 2.05) is 31.7 Å². The van der Waals surface area contributed by atoms with E-state index in [2.05, 4.69) is 5.10 Å². The number of nitrogens with zero attached hydrogens (tertiary/aromatic N) is 3. The zero-order valence-electron chi connectivity index (χ0n) is 13.9. The molecule has 24 heavy (non-hydrogen) atoms. The second-order valence-corrected chi connectivity index (χ2v) is 6.35. The highest BCUT2D eigenvalue weighted by Gasteiger charge is 2.22. The lowest BCUT2D eigenvalue weighted by atomic mass is 10.0. The van der Waals surface area contributed by atoms with E-state index in [4.69, 9.17) is 17.3 Å². The van der Waals surface area contributed by atoms with Crippen molar-refractivity contribution >= 4 is 23.2 Å².